The molecule has 0 radical (unpaired) electrons. The highest BCUT2D eigenvalue weighted by molar-refractivity contribution is 7.07. The molecule has 0 aliphatic rings. The van der Waals surface area contributed by atoms with Crippen molar-refractivity contribution in [1.29, 1.82) is 0 Å². The smallest absolute Gasteiger partial charge is 0.299 e. The van der Waals surface area contributed by atoms with Crippen molar-refractivity contribution < 1.29 is 0 Å². The van der Waals surface area contributed by atoms with E-state index in [4.69, 9.17) is 0 Å². The van der Waals surface area contributed by atoms with Gasteiger partial charge in [0.25, 0.3) is 5.56 Å². The van der Waals surface area contributed by atoms with Gasteiger partial charge in [-0.05, 0) is 29.4 Å². The SMILES string of the molecule is CN(Cc1ccsc1)Cc1cc(=O)n(C)c(=O)n1C. The second-order valence-electron chi connectivity index (χ2n) is 4.68. The number of hydrogen-bond donors (Lipinski definition) is 0. The topological polar surface area (TPSA) is 47.2 Å². The van der Waals surface area contributed by atoms with Crippen LogP contribution in [-0.4, -0.2) is 21.1 Å². The maximum atomic E-state index is 11.8. The lowest BCUT2D eigenvalue weighted by Gasteiger charge is -2.18. The van der Waals surface area contributed by atoms with Crippen molar-refractivity contribution in [3.05, 3.63) is 55.0 Å². The lowest BCUT2D eigenvalue weighted by atomic mass is 10.3. The van der Waals surface area contributed by atoms with Crippen LogP contribution in [0.1, 0.15) is 11.3 Å². The quantitative estimate of drug-likeness (QED) is 0.831. The standard InChI is InChI=1S/C13H17N3O2S/c1-14(7-10-4-5-19-9-10)8-11-6-12(17)16(3)13(18)15(11)2/h4-6,9H,7-8H2,1-3H3. The maximum Gasteiger partial charge on any atom is 0.330 e. The molecule has 0 amide bonds. The van der Waals surface area contributed by atoms with Crippen LogP contribution in [-0.2, 0) is 27.2 Å². The Morgan fingerprint density at radius 1 is 1.21 bits per heavy atom. The first-order chi connectivity index (χ1) is 8.99. The van der Waals surface area contributed by atoms with Crippen molar-refractivity contribution in [2.45, 2.75) is 13.1 Å². The van der Waals surface area contributed by atoms with Gasteiger partial charge >= 0.3 is 5.69 Å². The first-order valence-electron chi connectivity index (χ1n) is 5.94. The fraction of sp³-hybridized carbons (Fsp3) is 0.385. The zero-order valence-electron chi connectivity index (χ0n) is 11.3. The van der Waals surface area contributed by atoms with Gasteiger partial charge in [-0.2, -0.15) is 11.3 Å². The van der Waals surface area contributed by atoms with E-state index < -0.39 is 0 Å². The molecule has 0 saturated heterocycles. The number of hydrogen-bond acceptors (Lipinski definition) is 4. The number of rotatable bonds is 4. The van der Waals surface area contributed by atoms with E-state index in [1.165, 1.54) is 23.2 Å². The van der Waals surface area contributed by atoms with Crippen LogP contribution < -0.4 is 11.2 Å². The second-order valence-corrected chi connectivity index (χ2v) is 5.46. The Hall–Kier alpha value is -1.66. The van der Waals surface area contributed by atoms with Crippen LogP contribution in [0.5, 0.6) is 0 Å². The van der Waals surface area contributed by atoms with E-state index in [0.29, 0.717) is 6.54 Å². The fourth-order valence-electron chi connectivity index (χ4n) is 1.96. The molecule has 2 rings (SSSR count). The molecule has 102 valence electrons. The molecule has 0 bridgehead atoms. The van der Waals surface area contributed by atoms with Gasteiger partial charge in [-0.1, -0.05) is 0 Å². The maximum absolute atomic E-state index is 11.8. The van der Waals surface area contributed by atoms with Crippen molar-refractivity contribution >= 4 is 11.3 Å². The second kappa shape index (κ2) is 5.54. The molecule has 0 aromatic carbocycles. The van der Waals surface area contributed by atoms with Crippen molar-refractivity contribution in [2.75, 3.05) is 7.05 Å². The fourth-order valence-corrected chi connectivity index (χ4v) is 2.62. The molecule has 2 aromatic heterocycles. The van der Waals surface area contributed by atoms with Crippen molar-refractivity contribution in [3.63, 3.8) is 0 Å². The molecule has 19 heavy (non-hydrogen) atoms. The summed E-state index contributed by atoms with van der Waals surface area (Å²) in [6, 6.07) is 3.59. The monoisotopic (exact) mass is 279 g/mol. The van der Waals surface area contributed by atoms with Crippen LogP contribution in [0.15, 0.2) is 32.5 Å². The van der Waals surface area contributed by atoms with Crippen LogP contribution in [0.2, 0.25) is 0 Å². The molecule has 0 saturated carbocycles. The van der Waals surface area contributed by atoms with Gasteiger partial charge in [-0.15, -0.1) is 0 Å². The van der Waals surface area contributed by atoms with Gasteiger partial charge in [-0.3, -0.25) is 18.8 Å². The zero-order chi connectivity index (χ0) is 14.0. The molecule has 0 aliphatic heterocycles. The summed E-state index contributed by atoms with van der Waals surface area (Å²) in [6.45, 7) is 1.37. The highest BCUT2D eigenvalue weighted by Crippen LogP contribution is 2.09. The third kappa shape index (κ3) is 3.02. The summed E-state index contributed by atoms with van der Waals surface area (Å²) in [5.74, 6) is 0. The third-order valence-electron chi connectivity index (χ3n) is 3.09. The molecule has 0 spiro atoms. The molecular formula is C13H17N3O2S. The predicted molar refractivity (Wildman–Crippen MR) is 76.4 cm³/mol. The molecule has 2 heterocycles. The minimum Gasteiger partial charge on any atom is -0.299 e. The first-order valence-corrected chi connectivity index (χ1v) is 6.89. The van der Waals surface area contributed by atoms with E-state index in [1.54, 1.807) is 18.4 Å². The van der Waals surface area contributed by atoms with Crippen LogP contribution in [0.3, 0.4) is 0 Å². The summed E-state index contributed by atoms with van der Waals surface area (Å²) in [4.78, 5) is 25.5. The van der Waals surface area contributed by atoms with E-state index in [0.717, 1.165) is 16.8 Å². The molecule has 2 aromatic rings. The third-order valence-corrected chi connectivity index (χ3v) is 3.82. The number of nitrogens with zero attached hydrogens (tertiary/aromatic N) is 3. The van der Waals surface area contributed by atoms with Crippen LogP contribution >= 0.6 is 11.3 Å². The molecule has 5 nitrogen and oxygen atoms in total. The van der Waals surface area contributed by atoms with Gasteiger partial charge in [0.15, 0.2) is 0 Å². The molecule has 0 N–H and O–H groups in total. The predicted octanol–water partition coefficient (Wildman–Crippen LogP) is 0.778. The van der Waals surface area contributed by atoms with Crippen LogP contribution in [0.4, 0.5) is 0 Å². The Morgan fingerprint density at radius 3 is 2.58 bits per heavy atom. The van der Waals surface area contributed by atoms with Gasteiger partial charge in [0.1, 0.15) is 0 Å². The Bertz CT molecular complexity index is 670. The molecule has 0 atom stereocenters. The Labute approximate surface area is 115 Å². The molecule has 0 fully saturated rings. The largest absolute Gasteiger partial charge is 0.330 e. The molecule has 0 aliphatic carbocycles. The van der Waals surface area contributed by atoms with Crippen molar-refractivity contribution in [3.8, 4) is 0 Å². The van der Waals surface area contributed by atoms with Crippen LogP contribution in [0, 0.1) is 0 Å². The van der Waals surface area contributed by atoms with Crippen LogP contribution in [0.25, 0.3) is 0 Å². The Balaban J connectivity index is 2.20. The van der Waals surface area contributed by atoms with Gasteiger partial charge in [0.2, 0.25) is 0 Å². The summed E-state index contributed by atoms with van der Waals surface area (Å²) >= 11 is 1.66. The number of aromatic nitrogens is 2. The average Bonchev–Trinajstić information content (AvgIpc) is 2.86. The Morgan fingerprint density at radius 2 is 1.95 bits per heavy atom. The highest BCUT2D eigenvalue weighted by Gasteiger charge is 2.08. The minimum absolute atomic E-state index is 0.262. The first kappa shape index (κ1) is 13.8. The lowest BCUT2D eigenvalue weighted by Crippen LogP contribution is -2.39. The van der Waals surface area contributed by atoms with E-state index in [1.807, 2.05) is 12.4 Å². The van der Waals surface area contributed by atoms with Gasteiger partial charge in [0.05, 0.1) is 0 Å². The number of thiophene rings is 1. The van der Waals surface area contributed by atoms with Gasteiger partial charge < -0.3 is 0 Å². The summed E-state index contributed by atoms with van der Waals surface area (Å²) in [6.07, 6.45) is 0. The van der Waals surface area contributed by atoms with Crippen molar-refractivity contribution in [2.24, 2.45) is 14.1 Å². The highest BCUT2D eigenvalue weighted by atomic mass is 32.1. The summed E-state index contributed by atoms with van der Waals surface area (Å²) in [5, 5.41) is 4.14. The normalized spacial score (nSPS) is 11.2. The van der Waals surface area contributed by atoms with E-state index in [2.05, 4.69) is 16.3 Å². The van der Waals surface area contributed by atoms with E-state index >= 15 is 0 Å². The van der Waals surface area contributed by atoms with E-state index in [-0.39, 0.29) is 11.2 Å². The van der Waals surface area contributed by atoms with Gasteiger partial charge in [-0.25, -0.2) is 4.79 Å². The summed E-state index contributed by atoms with van der Waals surface area (Å²) in [7, 11) is 5.15. The summed E-state index contributed by atoms with van der Waals surface area (Å²) in [5.41, 5.74) is 1.42. The Kier molecular flexibility index (Phi) is 4.01. The average molecular weight is 279 g/mol. The zero-order valence-corrected chi connectivity index (χ0v) is 12.1. The summed E-state index contributed by atoms with van der Waals surface area (Å²) < 4.78 is 2.63. The molecule has 6 heteroatoms. The lowest BCUT2D eigenvalue weighted by molar-refractivity contribution is 0.309. The molecular weight excluding hydrogens is 262 g/mol. The van der Waals surface area contributed by atoms with Gasteiger partial charge in [0, 0.05) is 38.9 Å². The minimum atomic E-state index is -0.286. The molecule has 0 unspecified atom stereocenters. The van der Waals surface area contributed by atoms with Crippen molar-refractivity contribution in [1.82, 2.24) is 14.0 Å². The van der Waals surface area contributed by atoms with E-state index in [9.17, 15) is 9.59 Å².